The van der Waals surface area contributed by atoms with E-state index < -0.39 is 0 Å². The highest BCUT2D eigenvalue weighted by molar-refractivity contribution is 5.93. The van der Waals surface area contributed by atoms with Gasteiger partial charge in [0.1, 0.15) is 5.82 Å². The molecule has 4 heteroatoms. The maximum Gasteiger partial charge on any atom is 0.227 e. The molecule has 0 saturated heterocycles. The van der Waals surface area contributed by atoms with Gasteiger partial charge < -0.3 is 10.6 Å². The van der Waals surface area contributed by atoms with Gasteiger partial charge in [0.05, 0.1) is 11.9 Å². The lowest BCUT2D eigenvalue weighted by atomic mass is 9.85. The Morgan fingerprint density at radius 1 is 1.04 bits per heavy atom. The molecule has 2 aromatic rings. The lowest BCUT2D eigenvalue weighted by Crippen LogP contribution is -2.28. The number of anilines is 3. The molecule has 0 radical (unpaired) electrons. The van der Waals surface area contributed by atoms with Crippen molar-refractivity contribution in [2.45, 2.75) is 58.8 Å². The summed E-state index contributed by atoms with van der Waals surface area (Å²) in [4.78, 5) is 16.6. The number of amides is 1. The predicted octanol–water partition coefficient (Wildman–Crippen LogP) is 5.81. The molecule has 1 saturated carbocycles. The molecule has 0 aliphatic heterocycles. The fourth-order valence-corrected chi connectivity index (χ4v) is 3.28. The van der Waals surface area contributed by atoms with E-state index in [1.165, 1.54) is 11.1 Å². The van der Waals surface area contributed by atoms with E-state index >= 15 is 0 Å². The van der Waals surface area contributed by atoms with E-state index in [-0.39, 0.29) is 11.8 Å². The smallest absolute Gasteiger partial charge is 0.227 e. The van der Waals surface area contributed by atoms with Crippen LogP contribution in [0.1, 0.15) is 69.9 Å². The number of carbonyl (C=O) groups excluding carboxylic acids is 1. The quantitative estimate of drug-likeness (QED) is 0.690. The van der Waals surface area contributed by atoms with E-state index in [0.717, 1.165) is 36.5 Å². The topological polar surface area (TPSA) is 54.0 Å². The summed E-state index contributed by atoms with van der Waals surface area (Å²) in [7, 11) is 0. The zero-order chi connectivity index (χ0) is 18.7. The molecule has 0 unspecified atom stereocenters. The number of benzene rings is 1. The Balaban J connectivity index is 1.77. The maximum atomic E-state index is 12.1. The van der Waals surface area contributed by atoms with Crippen molar-refractivity contribution in [3.8, 4) is 0 Å². The summed E-state index contributed by atoms with van der Waals surface area (Å²) in [6.07, 6.45) is 4.89. The normalized spacial score (nSPS) is 14.4. The van der Waals surface area contributed by atoms with Crippen LogP contribution < -0.4 is 10.6 Å². The Kier molecular flexibility index (Phi) is 5.60. The average molecular weight is 351 g/mol. The van der Waals surface area contributed by atoms with Gasteiger partial charge in [-0.05, 0) is 47.9 Å². The second kappa shape index (κ2) is 7.90. The summed E-state index contributed by atoms with van der Waals surface area (Å²) in [5.74, 6) is 1.95. The van der Waals surface area contributed by atoms with Crippen molar-refractivity contribution in [2.24, 2.45) is 5.92 Å². The van der Waals surface area contributed by atoms with Crippen LogP contribution >= 0.6 is 0 Å². The Morgan fingerprint density at radius 2 is 1.69 bits per heavy atom. The number of hydrogen-bond donors (Lipinski definition) is 2. The lowest BCUT2D eigenvalue weighted by Gasteiger charge is -2.24. The third-order valence-corrected chi connectivity index (χ3v) is 5.13. The molecule has 3 rings (SSSR count). The first-order chi connectivity index (χ1) is 12.5. The van der Waals surface area contributed by atoms with Crippen molar-refractivity contribution in [2.75, 3.05) is 10.6 Å². The SMILES string of the molecule is CC(C)c1cccc(C(C)C)c1Nc1ccc(NC(=O)C2CCC2)cn1. The number of pyridine rings is 1. The fraction of sp³-hybridized carbons (Fsp3) is 0.455. The van der Waals surface area contributed by atoms with Crippen LogP contribution in [0.2, 0.25) is 0 Å². The van der Waals surface area contributed by atoms with Gasteiger partial charge in [-0.3, -0.25) is 4.79 Å². The van der Waals surface area contributed by atoms with Gasteiger partial charge in [-0.1, -0.05) is 52.3 Å². The van der Waals surface area contributed by atoms with E-state index in [1.807, 2.05) is 12.1 Å². The molecule has 1 aliphatic carbocycles. The van der Waals surface area contributed by atoms with Crippen molar-refractivity contribution in [3.05, 3.63) is 47.7 Å². The third kappa shape index (κ3) is 4.06. The van der Waals surface area contributed by atoms with E-state index in [1.54, 1.807) is 6.20 Å². The molecule has 4 nitrogen and oxygen atoms in total. The standard InChI is InChI=1S/C22H29N3O/c1-14(2)18-9-6-10-19(15(3)4)21(18)25-20-12-11-17(13-23-20)24-22(26)16-7-5-8-16/h6,9-16H,5,7-8H2,1-4H3,(H,23,25)(H,24,26). The highest BCUT2D eigenvalue weighted by Gasteiger charge is 2.25. The Bertz CT molecular complexity index is 735. The number of rotatable bonds is 6. The minimum Gasteiger partial charge on any atom is -0.340 e. The van der Waals surface area contributed by atoms with Crippen LogP contribution in [0.4, 0.5) is 17.2 Å². The van der Waals surface area contributed by atoms with Crippen LogP contribution in [0.3, 0.4) is 0 Å². The van der Waals surface area contributed by atoms with Gasteiger partial charge in [0.2, 0.25) is 5.91 Å². The first-order valence-corrected chi connectivity index (χ1v) is 9.62. The molecule has 138 valence electrons. The van der Waals surface area contributed by atoms with E-state index in [0.29, 0.717) is 11.8 Å². The number of hydrogen-bond acceptors (Lipinski definition) is 3. The Morgan fingerprint density at radius 3 is 2.15 bits per heavy atom. The third-order valence-electron chi connectivity index (χ3n) is 5.13. The maximum absolute atomic E-state index is 12.1. The van der Waals surface area contributed by atoms with Gasteiger partial charge in [0.15, 0.2) is 0 Å². The zero-order valence-electron chi connectivity index (χ0n) is 16.2. The molecule has 26 heavy (non-hydrogen) atoms. The molecule has 1 aromatic heterocycles. The molecular weight excluding hydrogens is 322 g/mol. The number of nitrogens with one attached hydrogen (secondary N) is 2. The summed E-state index contributed by atoms with van der Waals surface area (Å²) < 4.78 is 0. The van der Waals surface area contributed by atoms with E-state index in [9.17, 15) is 4.79 Å². The van der Waals surface area contributed by atoms with Crippen molar-refractivity contribution in [3.63, 3.8) is 0 Å². The Labute approximate surface area is 156 Å². The second-order valence-corrected chi connectivity index (χ2v) is 7.80. The van der Waals surface area contributed by atoms with Crippen LogP contribution in [0.5, 0.6) is 0 Å². The van der Waals surface area contributed by atoms with Gasteiger partial charge in [-0.2, -0.15) is 0 Å². The number of aromatic nitrogens is 1. The summed E-state index contributed by atoms with van der Waals surface area (Å²) in [6.45, 7) is 8.82. The Hall–Kier alpha value is -2.36. The second-order valence-electron chi connectivity index (χ2n) is 7.80. The van der Waals surface area contributed by atoms with Crippen LogP contribution in [0.15, 0.2) is 36.5 Å². The highest BCUT2D eigenvalue weighted by atomic mass is 16.1. The van der Waals surface area contributed by atoms with Crippen LogP contribution in [0, 0.1) is 5.92 Å². The minimum atomic E-state index is 0.117. The van der Waals surface area contributed by atoms with Crippen molar-refractivity contribution < 1.29 is 4.79 Å². The molecular formula is C22H29N3O. The number of nitrogens with zero attached hydrogens (tertiary/aromatic N) is 1. The molecule has 1 fully saturated rings. The minimum absolute atomic E-state index is 0.117. The van der Waals surface area contributed by atoms with Crippen molar-refractivity contribution in [1.82, 2.24) is 4.98 Å². The molecule has 1 amide bonds. The van der Waals surface area contributed by atoms with Gasteiger partial charge >= 0.3 is 0 Å². The van der Waals surface area contributed by atoms with Crippen molar-refractivity contribution in [1.29, 1.82) is 0 Å². The van der Waals surface area contributed by atoms with E-state index in [2.05, 4.69) is 61.5 Å². The van der Waals surface area contributed by atoms with Gasteiger partial charge in [-0.15, -0.1) is 0 Å². The molecule has 2 N–H and O–H groups in total. The average Bonchev–Trinajstić information content (AvgIpc) is 2.54. The van der Waals surface area contributed by atoms with Crippen LogP contribution in [-0.2, 0) is 4.79 Å². The summed E-state index contributed by atoms with van der Waals surface area (Å²) >= 11 is 0. The molecule has 1 aliphatic rings. The van der Waals surface area contributed by atoms with Crippen molar-refractivity contribution >= 4 is 23.1 Å². The van der Waals surface area contributed by atoms with Crippen LogP contribution in [0.25, 0.3) is 0 Å². The predicted molar refractivity (Wildman–Crippen MR) is 108 cm³/mol. The van der Waals surface area contributed by atoms with E-state index in [4.69, 9.17) is 0 Å². The fourth-order valence-electron chi connectivity index (χ4n) is 3.28. The molecule has 0 bridgehead atoms. The molecule has 0 spiro atoms. The van der Waals surface area contributed by atoms with Gasteiger partial charge in [-0.25, -0.2) is 4.98 Å². The first kappa shape index (κ1) is 18.4. The number of carbonyl (C=O) groups is 1. The number of para-hydroxylation sites is 1. The monoisotopic (exact) mass is 351 g/mol. The molecule has 0 atom stereocenters. The molecule has 1 heterocycles. The van der Waals surface area contributed by atoms with Gasteiger partial charge in [0.25, 0.3) is 0 Å². The van der Waals surface area contributed by atoms with Gasteiger partial charge in [0, 0.05) is 11.6 Å². The first-order valence-electron chi connectivity index (χ1n) is 9.62. The molecule has 1 aromatic carbocycles. The summed E-state index contributed by atoms with van der Waals surface area (Å²) in [6, 6.07) is 10.3. The summed E-state index contributed by atoms with van der Waals surface area (Å²) in [5.41, 5.74) is 4.49. The highest BCUT2D eigenvalue weighted by Crippen LogP contribution is 2.34. The lowest BCUT2D eigenvalue weighted by molar-refractivity contribution is -0.122. The zero-order valence-corrected chi connectivity index (χ0v) is 16.2. The summed E-state index contributed by atoms with van der Waals surface area (Å²) in [5, 5.41) is 6.47. The largest absolute Gasteiger partial charge is 0.340 e. The van der Waals surface area contributed by atoms with Crippen LogP contribution in [-0.4, -0.2) is 10.9 Å².